The van der Waals surface area contributed by atoms with Gasteiger partial charge in [0.25, 0.3) is 0 Å². The monoisotopic (exact) mass is 568 g/mol. The van der Waals surface area contributed by atoms with E-state index in [0.29, 0.717) is 19.2 Å². The Morgan fingerprint density at radius 3 is 2.93 bits per heavy atom. The quantitative estimate of drug-likeness (QED) is 0.185. The number of hydrogen-bond donors (Lipinski definition) is 3. The zero-order valence-electron chi connectivity index (χ0n) is 16.4. The first-order valence-electron chi connectivity index (χ1n) is 9.36. The summed E-state index contributed by atoms with van der Waals surface area (Å²) >= 11 is 3.42. The van der Waals surface area contributed by atoms with Gasteiger partial charge in [0.05, 0.1) is 12.7 Å². The molecule has 1 heterocycles. The summed E-state index contributed by atoms with van der Waals surface area (Å²) in [5, 5.41) is 9.26. The molecule has 0 saturated carbocycles. The van der Waals surface area contributed by atoms with Gasteiger partial charge in [-0.1, -0.05) is 22.0 Å². The molecular weight excluding hydrogens is 539 g/mol. The Bertz CT molecular complexity index is 640. The SMILES string of the molecule is CCNC(=NCC(=O)Nc1cc(Br)ccc1C)NCCCOC1CCOC1.I. The fourth-order valence-corrected chi connectivity index (χ4v) is 2.95. The van der Waals surface area contributed by atoms with E-state index < -0.39 is 0 Å². The van der Waals surface area contributed by atoms with E-state index in [1.807, 2.05) is 32.0 Å². The number of anilines is 1. The van der Waals surface area contributed by atoms with Crippen molar-refractivity contribution in [2.75, 3.05) is 44.8 Å². The summed E-state index contributed by atoms with van der Waals surface area (Å²) in [6, 6.07) is 5.78. The van der Waals surface area contributed by atoms with E-state index in [1.165, 1.54) is 0 Å². The smallest absolute Gasteiger partial charge is 0.246 e. The van der Waals surface area contributed by atoms with Crippen LogP contribution >= 0.6 is 39.9 Å². The van der Waals surface area contributed by atoms with Crippen molar-refractivity contribution in [3.8, 4) is 0 Å². The molecule has 1 aliphatic rings. The number of ether oxygens (including phenoxy) is 2. The molecule has 3 N–H and O–H groups in total. The van der Waals surface area contributed by atoms with Crippen LogP contribution in [0.5, 0.6) is 0 Å². The Morgan fingerprint density at radius 1 is 1.39 bits per heavy atom. The van der Waals surface area contributed by atoms with Crippen LogP contribution < -0.4 is 16.0 Å². The van der Waals surface area contributed by atoms with Crippen LogP contribution in [0, 0.1) is 6.92 Å². The highest BCUT2D eigenvalue weighted by atomic mass is 127. The second-order valence-electron chi connectivity index (χ2n) is 6.34. The molecule has 0 bridgehead atoms. The third kappa shape index (κ3) is 9.53. The van der Waals surface area contributed by atoms with Crippen molar-refractivity contribution >= 4 is 57.5 Å². The summed E-state index contributed by atoms with van der Waals surface area (Å²) in [5.74, 6) is 0.473. The first-order valence-corrected chi connectivity index (χ1v) is 10.1. The average molecular weight is 569 g/mol. The minimum absolute atomic E-state index is 0. The molecule has 0 radical (unpaired) electrons. The zero-order chi connectivity index (χ0) is 19.5. The van der Waals surface area contributed by atoms with Crippen molar-refractivity contribution in [2.24, 2.45) is 4.99 Å². The minimum atomic E-state index is -0.155. The number of nitrogens with zero attached hydrogens (tertiary/aromatic N) is 1. The van der Waals surface area contributed by atoms with Gasteiger partial charge in [-0.25, -0.2) is 4.99 Å². The summed E-state index contributed by atoms with van der Waals surface area (Å²) in [6.45, 7) is 7.63. The Morgan fingerprint density at radius 2 is 2.21 bits per heavy atom. The van der Waals surface area contributed by atoms with Crippen molar-refractivity contribution in [2.45, 2.75) is 32.8 Å². The molecule has 158 valence electrons. The van der Waals surface area contributed by atoms with Crippen LogP contribution in [0.15, 0.2) is 27.7 Å². The fourth-order valence-electron chi connectivity index (χ4n) is 2.58. The number of carbonyl (C=O) groups excluding carboxylic acids is 1. The first kappa shape index (κ1) is 25.1. The van der Waals surface area contributed by atoms with Gasteiger partial charge in [0.1, 0.15) is 6.54 Å². The van der Waals surface area contributed by atoms with E-state index >= 15 is 0 Å². The van der Waals surface area contributed by atoms with Crippen molar-refractivity contribution in [3.63, 3.8) is 0 Å². The van der Waals surface area contributed by atoms with Crippen molar-refractivity contribution in [3.05, 3.63) is 28.2 Å². The molecule has 1 fully saturated rings. The molecule has 28 heavy (non-hydrogen) atoms. The molecule has 0 aromatic heterocycles. The van der Waals surface area contributed by atoms with Crippen molar-refractivity contribution < 1.29 is 14.3 Å². The Labute approximate surface area is 192 Å². The molecule has 0 spiro atoms. The van der Waals surface area contributed by atoms with E-state index in [9.17, 15) is 4.79 Å². The minimum Gasteiger partial charge on any atom is -0.379 e. The Kier molecular flexibility index (Phi) is 12.7. The molecule has 2 rings (SSSR count). The largest absolute Gasteiger partial charge is 0.379 e. The molecule has 1 aromatic carbocycles. The van der Waals surface area contributed by atoms with Gasteiger partial charge in [-0.3, -0.25) is 4.79 Å². The standard InChI is InChI=1S/C19H29BrN4O3.HI/c1-3-21-19(22-8-4-9-27-16-7-10-26-13-16)23-12-18(25)24-17-11-15(20)6-5-14(17)2;/h5-6,11,16H,3-4,7-10,12-13H2,1-2H3,(H,24,25)(H2,21,22,23);1H. The number of benzene rings is 1. The summed E-state index contributed by atoms with van der Waals surface area (Å²) in [6.07, 6.45) is 2.08. The lowest BCUT2D eigenvalue weighted by Crippen LogP contribution is -2.38. The maximum Gasteiger partial charge on any atom is 0.246 e. The molecule has 1 saturated heterocycles. The van der Waals surface area contributed by atoms with E-state index in [1.54, 1.807) is 0 Å². The number of hydrogen-bond acceptors (Lipinski definition) is 4. The topological polar surface area (TPSA) is 84.0 Å². The lowest BCUT2D eigenvalue weighted by Gasteiger charge is -2.13. The lowest BCUT2D eigenvalue weighted by atomic mass is 10.2. The van der Waals surface area contributed by atoms with E-state index in [-0.39, 0.29) is 42.5 Å². The maximum atomic E-state index is 12.2. The van der Waals surface area contributed by atoms with Crippen LogP contribution in [0.3, 0.4) is 0 Å². The predicted molar refractivity (Wildman–Crippen MR) is 127 cm³/mol. The Hall–Kier alpha value is -0.910. The fraction of sp³-hybridized carbons (Fsp3) is 0.579. The molecule has 0 aliphatic carbocycles. The normalized spacial score (nSPS) is 16.4. The third-order valence-electron chi connectivity index (χ3n) is 4.05. The van der Waals surface area contributed by atoms with Gasteiger partial charge in [0, 0.05) is 36.5 Å². The Balaban J connectivity index is 0.00000392. The second-order valence-corrected chi connectivity index (χ2v) is 7.25. The van der Waals surface area contributed by atoms with E-state index in [4.69, 9.17) is 9.47 Å². The summed E-state index contributed by atoms with van der Waals surface area (Å²) in [4.78, 5) is 16.5. The summed E-state index contributed by atoms with van der Waals surface area (Å²) in [7, 11) is 0. The van der Waals surface area contributed by atoms with Crippen LogP contribution in [-0.2, 0) is 14.3 Å². The number of nitrogens with one attached hydrogen (secondary N) is 3. The van der Waals surface area contributed by atoms with E-state index in [0.717, 1.165) is 48.3 Å². The lowest BCUT2D eigenvalue weighted by molar-refractivity contribution is -0.114. The number of aliphatic imine (C=N–C) groups is 1. The predicted octanol–water partition coefficient (Wildman–Crippen LogP) is 3.06. The molecule has 1 unspecified atom stereocenters. The number of amides is 1. The highest BCUT2D eigenvalue weighted by Crippen LogP contribution is 2.20. The third-order valence-corrected chi connectivity index (χ3v) is 4.55. The second kappa shape index (κ2) is 14.1. The zero-order valence-corrected chi connectivity index (χ0v) is 20.3. The van der Waals surface area contributed by atoms with Crippen LogP contribution in [0.2, 0.25) is 0 Å². The maximum absolute atomic E-state index is 12.2. The number of halogens is 2. The van der Waals surface area contributed by atoms with Gasteiger partial charge in [0.15, 0.2) is 5.96 Å². The van der Waals surface area contributed by atoms with Gasteiger partial charge in [0.2, 0.25) is 5.91 Å². The van der Waals surface area contributed by atoms with Crippen LogP contribution in [0.1, 0.15) is 25.3 Å². The van der Waals surface area contributed by atoms with Crippen LogP contribution in [-0.4, -0.2) is 57.4 Å². The molecular formula is C19H30BrIN4O3. The van der Waals surface area contributed by atoms with Crippen molar-refractivity contribution in [1.29, 1.82) is 0 Å². The molecule has 1 atom stereocenters. The number of aryl methyl sites for hydroxylation is 1. The van der Waals surface area contributed by atoms with Crippen molar-refractivity contribution in [1.82, 2.24) is 10.6 Å². The molecule has 9 heteroatoms. The van der Waals surface area contributed by atoms with Crippen LogP contribution in [0.4, 0.5) is 5.69 Å². The highest BCUT2D eigenvalue weighted by molar-refractivity contribution is 14.0. The first-order chi connectivity index (χ1) is 13.1. The number of rotatable bonds is 9. The van der Waals surface area contributed by atoms with Gasteiger partial charge >= 0.3 is 0 Å². The highest BCUT2D eigenvalue weighted by Gasteiger charge is 2.15. The number of guanidine groups is 1. The van der Waals surface area contributed by atoms with Gasteiger partial charge < -0.3 is 25.4 Å². The van der Waals surface area contributed by atoms with E-state index in [2.05, 4.69) is 36.9 Å². The number of carbonyl (C=O) groups is 1. The molecule has 1 aromatic rings. The summed E-state index contributed by atoms with van der Waals surface area (Å²) < 4.78 is 11.9. The van der Waals surface area contributed by atoms with Gasteiger partial charge in [-0.15, -0.1) is 24.0 Å². The van der Waals surface area contributed by atoms with Gasteiger partial charge in [-0.05, 0) is 44.4 Å². The molecule has 1 aliphatic heterocycles. The average Bonchev–Trinajstić information content (AvgIpc) is 3.16. The van der Waals surface area contributed by atoms with Crippen LogP contribution in [0.25, 0.3) is 0 Å². The molecule has 1 amide bonds. The summed E-state index contributed by atoms with van der Waals surface area (Å²) in [5.41, 5.74) is 1.80. The van der Waals surface area contributed by atoms with Gasteiger partial charge in [-0.2, -0.15) is 0 Å². The molecule has 7 nitrogen and oxygen atoms in total.